The molecule has 2 unspecified atom stereocenters. The lowest BCUT2D eigenvalue weighted by molar-refractivity contribution is -0.141. The summed E-state index contributed by atoms with van der Waals surface area (Å²) in [6.07, 6.45) is 4.09. The molecule has 19 heavy (non-hydrogen) atoms. The lowest BCUT2D eigenvalue weighted by Crippen LogP contribution is -2.21. The van der Waals surface area contributed by atoms with Gasteiger partial charge in [0.15, 0.2) is 5.13 Å². The van der Waals surface area contributed by atoms with Crippen molar-refractivity contribution in [2.24, 2.45) is 11.8 Å². The number of carbonyl (C=O) groups is 2. The van der Waals surface area contributed by atoms with Crippen LogP contribution in [0.25, 0.3) is 0 Å². The SMILES string of the molecule is O=C(O)C1CCC(C(=O)Nc2nc(C3CC3)cs2)C1. The monoisotopic (exact) mass is 280 g/mol. The van der Waals surface area contributed by atoms with Gasteiger partial charge in [-0.1, -0.05) is 0 Å². The minimum Gasteiger partial charge on any atom is -0.481 e. The van der Waals surface area contributed by atoms with Gasteiger partial charge in [0.2, 0.25) is 5.91 Å². The van der Waals surface area contributed by atoms with E-state index in [4.69, 9.17) is 5.11 Å². The van der Waals surface area contributed by atoms with Gasteiger partial charge in [0.1, 0.15) is 0 Å². The highest BCUT2D eigenvalue weighted by Gasteiger charge is 2.34. The van der Waals surface area contributed by atoms with Gasteiger partial charge in [0.05, 0.1) is 11.6 Å². The molecule has 0 saturated heterocycles. The number of thiazole rings is 1. The van der Waals surface area contributed by atoms with Crippen LogP contribution < -0.4 is 5.32 Å². The van der Waals surface area contributed by atoms with Crippen LogP contribution >= 0.6 is 11.3 Å². The van der Waals surface area contributed by atoms with Crippen LogP contribution in [0.15, 0.2) is 5.38 Å². The predicted molar refractivity (Wildman–Crippen MR) is 71.2 cm³/mol. The second-order valence-electron chi connectivity index (χ2n) is 5.39. The van der Waals surface area contributed by atoms with Crippen LogP contribution in [-0.2, 0) is 9.59 Å². The van der Waals surface area contributed by atoms with E-state index in [1.54, 1.807) is 0 Å². The average Bonchev–Trinajstić information content (AvgIpc) is 2.92. The first-order chi connectivity index (χ1) is 9.13. The fourth-order valence-corrected chi connectivity index (χ4v) is 3.36. The fraction of sp³-hybridized carbons (Fsp3) is 0.615. The van der Waals surface area contributed by atoms with Crippen molar-refractivity contribution < 1.29 is 14.7 Å². The molecule has 1 aromatic heterocycles. The molecule has 0 bridgehead atoms. The van der Waals surface area contributed by atoms with Crippen molar-refractivity contribution in [3.63, 3.8) is 0 Å². The molecule has 2 aliphatic carbocycles. The molecular formula is C13H16N2O3S. The number of nitrogens with one attached hydrogen (secondary N) is 1. The number of carbonyl (C=O) groups excluding carboxylic acids is 1. The Hall–Kier alpha value is -1.43. The lowest BCUT2D eigenvalue weighted by atomic mass is 10.0. The summed E-state index contributed by atoms with van der Waals surface area (Å²) in [5.74, 6) is -0.839. The Bertz CT molecular complexity index is 510. The van der Waals surface area contributed by atoms with Crippen molar-refractivity contribution in [3.05, 3.63) is 11.1 Å². The third kappa shape index (κ3) is 2.78. The van der Waals surface area contributed by atoms with Gasteiger partial charge < -0.3 is 10.4 Å². The van der Waals surface area contributed by atoms with E-state index < -0.39 is 5.97 Å². The molecule has 0 spiro atoms. The summed E-state index contributed by atoms with van der Waals surface area (Å²) in [6.45, 7) is 0. The van der Waals surface area contributed by atoms with E-state index in [-0.39, 0.29) is 17.7 Å². The van der Waals surface area contributed by atoms with Crippen LogP contribution in [0.2, 0.25) is 0 Å². The van der Waals surface area contributed by atoms with Crippen LogP contribution in [0.3, 0.4) is 0 Å². The number of anilines is 1. The maximum Gasteiger partial charge on any atom is 0.306 e. The van der Waals surface area contributed by atoms with Gasteiger partial charge in [-0.3, -0.25) is 9.59 Å². The molecule has 2 atom stereocenters. The largest absolute Gasteiger partial charge is 0.481 e. The minimum absolute atomic E-state index is 0.0829. The number of carboxylic acids is 1. The topological polar surface area (TPSA) is 79.3 Å². The molecule has 1 amide bonds. The molecule has 102 valence electrons. The maximum absolute atomic E-state index is 12.0. The summed E-state index contributed by atoms with van der Waals surface area (Å²) >= 11 is 1.45. The van der Waals surface area contributed by atoms with E-state index in [0.29, 0.717) is 30.3 Å². The highest BCUT2D eigenvalue weighted by molar-refractivity contribution is 7.13. The zero-order chi connectivity index (χ0) is 13.4. The first kappa shape index (κ1) is 12.6. The van der Waals surface area contributed by atoms with Crippen molar-refractivity contribution in [1.82, 2.24) is 4.98 Å². The Labute approximate surface area is 115 Å². The highest BCUT2D eigenvalue weighted by Crippen LogP contribution is 2.41. The highest BCUT2D eigenvalue weighted by atomic mass is 32.1. The molecule has 6 heteroatoms. The van der Waals surface area contributed by atoms with E-state index in [1.807, 2.05) is 5.38 Å². The number of rotatable bonds is 4. The number of hydrogen-bond acceptors (Lipinski definition) is 4. The molecule has 1 heterocycles. The second-order valence-corrected chi connectivity index (χ2v) is 6.24. The van der Waals surface area contributed by atoms with Crippen molar-refractivity contribution >= 4 is 28.3 Å². The number of nitrogens with zero attached hydrogens (tertiary/aromatic N) is 1. The molecule has 2 N–H and O–H groups in total. The summed E-state index contributed by atoms with van der Waals surface area (Å²) in [5, 5.41) is 14.4. The summed E-state index contributed by atoms with van der Waals surface area (Å²) < 4.78 is 0. The van der Waals surface area contributed by atoms with E-state index in [9.17, 15) is 9.59 Å². The molecule has 0 radical (unpaired) electrons. The molecule has 2 saturated carbocycles. The van der Waals surface area contributed by atoms with E-state index in [1.165, 1.54) is 24.2 Å². The van der Waals surface area contributed by atoms with E-state index in [0.717, 1.165) is 5.69 Å². The summed E-state index contributed by atoms with van der Waals surface area (Å²) in [7, 11) is 0. The van der Waals surface area contributed by atoms with Crippen molar-refractivity contribution in [1.29, 1.82) is 0 Å². The predicted octanol–water partition coefficient (Wildman–Crippen LogP) is 2.46. The first-order valence-corrected chi connectivity index (χ1v) is 7.50. The summed E-state index contributed by atoms with van der Waals surface area (Å²) in [6, 6.07) is 0. The van der Waals surface area contributed by atoms with Crippen LogP contribution in [0.1, 0.15) is 43.7 Å². The second kappa shape index (κ2) is 4.92. The standard InChI is InChI=1S/C13H16N2O3S/c16-11(8-3-4-9(5-8)12(17)18)15-13-14-10(6-19-13)7-1-2-7/h6-9H,1-5H2,(H,17,18)(H,14,15,16). The molecule has 2 fully saturated rings. The molecule has 5 nitrogen and oxygen atoms in total. The average molecular weight is 280 g/mol. The van der Waals surface area contributed by atoms with Gasteiger partial charge in [-0.05, 0) is 32.1 Å². The van der Waals surface area contributed by atoms with Gasteiger partial charge in [-0.2, -0.15) is 0 Å². The maximum atomic E-state index is 12.0. The number of carboxylic acid groups (broad SMARTS) is 1. The lowest BCUT2D eigenvalue weighted by Gasteiger charge is -2.08. The zero-order valence-corrected chi connectivity index (χ0v) is 11.3. The Morgan fingerprint density at radius 3 is 2.63 bits per heavy atom. The molecule has 3 rings (SSSR count). The Balaban J connectivity index is 1.57. The number of hydrogen-bond donors (Lipinski definition) is 2. The molecule has 0 aliphatic heterocycles. The zero-order valence-electron chi connectivity index (χ0n) is 10.5. The third-order valence-electron chi connectivity index (χ3n) is 3.90. The van der Waals surface area contributed by atoms with Crippen molar-refractivity contribution in [2.45, 2.75) is 38.0 Å². The Kier molecular flexibility index (Phi) is 3.26. The van der Waals surface area contributed by atoms with Crippen LogP contribution in [-0.4, -0.2) is 22.0 Å². The third-order valence-corrected chi connectivity index (χ3v) is 4.68. The number of aromatic nitrogens is 1. The van der Waals surface area contributed by atoms with Gasteiger partial charge >= 0.3 is 5.97 Å². The smallest absolute Gasteiger partial charge is 0.306 e. The normalized spacial score (nSPS) is 26.3. The van der Waals surface area contributed by atoms with E-state index in [2.05, 4.69) is 10.3 Å². The van der Waals surface area contributed by atoms with Gasteiger partial charge in [0, 0.05) is 17.2 Å². The van der Waals surface area contributed by atoms with Crippen molar-refractivity contribution in [3.8, 4) is 0 Å². The summed E-state index contributed by atoms with van der Waals surface area (Å²) in [5.41, 5.74) is 1.08. The van der Waals surface area contributed by atoms with E-state index >= 15 is 0 Å². The Morgan fingerprint density at radius 2 is 2.00 bits per heavy atom. The number of aliphatic carboxylic acids is 1. The molecule has 2 aliphatic rings. The van der Waals surface area contributed by atoms with Gasteiger partial charge in [-0.25, -0.2) is 4.98 Å². The van der Waals surface area contributed by atoms with Crippen LogP contribution in [0, 0.1) is 11.8 Å². The van der Waals surface area contributed by atoms with Crippen LogP contribution in [0.5, 0.6) is 0 Å². The van der Waals surface area contributed by atoms with Gasteiger partial charge in [0.25, 0.3) is 0 Å². The summed E-state index contributed by atoms with van der Waals surface area (Å²) in [4.78, 5) is 27.3. The van der Waals surface area contributed by atoms with Gasteiger partial charge in [-0.15, -0.1) is 11.3 Å². The first-order valence-electron chi connectivity index (χ1n) is 6.62. The van der Waals surface area contributed by atoms with Crippen LogP contribution in [0.4, 0.5) is 5.13 Å². The number of amides is 1. The molecular weight excluding hydrogens is 264 g/mol. The minimum atomic E-state index is -0.791. The molecule has 1 aromatic rings. The molecule has 0 aromatic carbocycles. The fourth-order valence-electron chi connectivity index (χ4n) is 2.56. The quantitative estimate of drug-likeness (QED) is 0.888. The van der Waals surface area contributed by atoms with Crippen molar-refractivity contribution in [2.75, 3.05) is 5.32 Å². The Morgan fingerprint density at radius 1 is 1.26 bits per heavy atom.